The summed E-state index contributed by atoms with van der Waals surface area (Å²) in [7, 11) is 0. The van der Waals surface area contributed by atoms with Gasteiger partial charge >= 0.3 is 138 Å². The van der Waals surface area contributed by atoms with Gasteiger partial charge in [-0.3, -0.25) is 0 Å². The monoisotopic (exact) mass is 359 g/mol. The van der Waals surface area contributed by atoms with Crippen LogP contribution in [0.25, 0.3) is 0 Å². The number of aldehydes is 1. The molecule has 0 atom stereocenters. The van der Waals surface area contributed by atoms with Gasteiger partial charge in [-0.2, -0.15) is 0 Å². The number of hydrogen-bond acceptors (Lipinski definition) is 2. The van der Waals surface area contributed by atoms with E-state index in [9.17, 15) is 4.79 Å². The molecule has 0 N–H and O–H groups in total. The van der Waals surface area contributed by atoms with Crippen LogP contribution in [0.1, 0.15) is 60.0 Å². The predicted molar refractivity (Wildman–Crippen MR) is 92.0 cm³/mol. The van der Waals surface area contributed by atoms with Crippen molar-refractivity contribution >= 4 is 31.0 Å². The van der Waals surface area contributed by atoms with Crippen LogP contribution in [0.15, 0.2) is 24.3 Å². The number of anilines is 2. The van der Waals surface area contributed by atoms with E-state index in [0.717, 1.165) is 23.7 Å². The Morgan fingerprint density at radius 1 is 1.14 bits per heavy atom. The van der Waals surface area contributed by atoms with Crippen LogP contribution in [0.4, 0.5) is 10.2 Å². The minimum absolute atomic E-state index is 0.0168. The zero-order valence-corrected chi connectivity index (χ0v) is 15.3. The van der Waals surface area contributed by atoms with Crippen molar-refractivity contribution in [3.8, 4) is 0 Å². The molecule has 3 heterocycles. The second-order valence-electron chi connectivity index (χ2n) is 7.60. The van der Waals surface area contributed by atoms with Crippen molar-refractivity contribution in [1.82, 2.24) is 0 Å². The molecular formula is C19H21NOSe. The fraction of sp³-hybridized carbons (Fsp3) is 0.421. The summed E-state index contributed by atoms with van der Waals surface area (Å²) in [6.45, 7) is 10.4. The zero-order chi connectivity index (χ0) is 15.7. The van der Waals surface area contributed by atoms with Gasteiger partial charge in [0.1, 0.15) is 0 Å². The first-order chi connectivity index (χ1) is 10.4. The Bertz CT molecular complexity index is 785. The molecule has 0 bridgehead atoms. The number of carbonyl (C=O) groups excluding carboxylic acids is 1. The fourth-order valence-corrected chi connectivity index (χ4v) is 6.42. The maximum atomic E-state index is 11.3. The van der Waals surface area contributed by atoms with Crippen molar-refractivity contribution in [2.45, 2.75) is 44.9 Å². The maximum absolute atomic E-state index is 11.3. The van der Waals surface area contributed by atoms with E-state index >= 15 is 0 Å². The molecule has 114 valence electrons. The molecule has 0 unspecified atom stereocenters. The molecule has 1 aromatic carbocycles. The summed E-state index contributed by atoms with van der Waals surface area (Å²) < 4.78 is 2.39. The van der Waals surface area contributed by atoms with Crippen LogP contribution in [-0.2, 0) is 10.8 Å². The van der Waals surface area contributed by atoms with E-state index in [2.05, 4.69) is 56.9 Å². The SMILES string of the molecule is CC1(C)CCN2c3[se]c(C=O)cc3C(C)(C)c3cccc1c32. The summed E-state index contributed by atoms with van der Waals surface area (Å²) in [4.78, 5) is 13.8. The number of para-hydroxylation sites is 1. The number of hydrogen-bond donors (Lipinski definition) is 0. The first-order valence-electron chi connectivity index (χ1n) is 7.87. The van der Waals surface area contributed by atoms with Gasteiger partial charge in [-0.15, -0.1) is 0 Å². The van der Waals surface area contributed by atoms with Crippen molar-refractivity contribution in [2.75, 3.05) is 11.4 Å². The van der Waals surface area contributed by atoms with Crippen LogP contribution in [0, 0.1) is 0 Å². The molecule has 0 saturated carbocycles. The van der Waals surface area contributed by atoms with Gasteiger partial charge in [-0.05, 0) is 0 Å². The normalized spacial score (nSPS) is 20.3. The molecule has 2 aliphatic rings. The van der Waals surface area contributed by atoms with E-state index in [4.69, 9.17) is 0 Å². The molecule has 0 amide bonds. The molecule has 0 saturated heterocycles. The Morgan fingerprint density at radius 2 is 1.86 bits per heavy atom. The molecule has 1 aromatic heterocycles. The number of carbonyl (C=O) groups is 1. The molecule has 2 nitrogen and oxygen atoms in total. The molecule has 22 heavy (non-hydrogen) atoms. The molecule has 0 spiro atoms. The Morgan fingerprint density at radius 3 is 2.59 bits per heavy atom. The number of benzene rings is 1. The first-order valence-corrected chi connectivity index (χ1v) is 9.58. The minimum atomic E-state index is -0.0168. The topological polar surface area (TPSA) is 20.3 Å². The molecule has 0 fully saturated rings. The zero-order valence-electron chi connectivity index (χ0n) is 13.6. The second kappa shape index (κ2) is 4.37. The summed E-state index contributed by atoms with van der Waals surface area (Å²) in [6.07, 6.45) is 2.21. The molecule has 0 radical (unpaired) electrons. The summed E-state index contributed by atoms with van der Waals surface area (Å²) in [6, 6.07) is 8.92. The third-order valence-electron chi connectivity index (χ3n) is 5.44. The quantitative estimate of drug-likeness (QED) is 0.567. The van der Waals surface area contributed by atoms with Crippen molar-refractivity contribution in [3.05, 3.63) is 45.4 Å². The van der Waals surface area contributed by atoms with E-state index < -0.39 is 0 Å². The summed E-state index contributed by atoms with van der Waals surface area (Å²) in [5, 5.41) is 0. The molecule has 2 aromatic rings. The predicted octanol–water partition coefficient (Wildman–Crippen LogP) is 4.01. The van der Waals surface area contributed by atoms with E-state index in [0.29, 0.717) is 0 Å². The van der Waals surface area contributed by atoms with Gasteiger partial charge in [0, 0.05) is 0 Å². The standard InChI is InChI=1S/C19H21NOSe/c1-18(2)8-9-20-16-13(18)6-5-7-14(16)19(3,4)15-10-12(11-21)22-17(15)20/h5-7,10-11H,8-9H2,1-4H3. The van der Waals surface area contributed by atoms with E-state index in [1.54, 1.807) is 0 Å². The van der Waals surface area contributed by atoms with Crippen molar-refractivity contribution in [1.29, 1.82) is 0 Å². The third kappa shape index (κ3) is 1.70. The molecular weight excluding hydrogens is 337 g/mol. The van der Waals surface area contributed by atoms with Gasteiger partial charge < -0.3 is 0 Å². The van der Waals surface area contributed by atoms with Crippen LogP contribution in [0.5, 0.6) is 0 Å². The number of nitrogens with zero attached hydrogens (tertiary/aromatic N) is 1. The van der Waals surface area contributed by atoms with Crippen molar-refractivity contribution in [2.24, 2.45) is 0 Å². The molecule has 4 rings (SSSR count). The molecule has 2 aliphatic heterocycles. The van der Waals surface area contributed by atoms with E-state index in [1.165, 1.54) is 26.9 Å². The van der Waals surface area contributed by atoms with Crippen LogP contribution in [0.3, 0.4) is 0 Å². The Kier molecular flexibility index (Phi) is 2.84. The second-order valence-corrected chi connectivity index (χ2v) is 9.83. The van der Waals surface area contributed by atoms with Gasteiger partial charge in [0.05, 0.1) is 0 Å². The average Bonchev–Trinajstić information content (AvgIpc) is 2.91. The van der Waals surface area contributed by atoms with Crippen LogP contribution in [0.2, 0.25) is 0 Å². The van der Waals surface area contributed by atoms with Gasteiger partial charge in [0.2, 0.25) is 0 Å². The van der Waals surface area contributed by atoms with E-state index in [-0.39, 0.29) is 25.3 Å². The van der Waals surface area contributed by atoms with Gasteiger partial charge in [0.25, 0.3) is 0 Å². The third-order valence-corrected chi connectivity index (χ3v) is 7.71. The summed E-state index contributed by atoms with van der Waals surface area (Å²) in [5.41, 5.74) is 5.87. The van der Waals surface area contributed by atoms with Gasteiger partial charge in [-0.25, -0.2) is 0 Å². The van der Waals surface area contributed by atoms with Gasteiger partial charge in [0.15, 0.2) is 0 Å². The fourth-order valence-electron chi connectivity index (χ4n) is 3.98. The van der Waals surface area contributed by atoms with Gasteiger partial charge in [-0.1, -0.05) is 0 Å². The summed E-state index contributed by atoms with van der Waals surface area (Å²) in [5.74, 6) is 0. The number of rotatable bonds is 1. The van der Waals surface area contributed by atoms with Crippen LogP contribution >= 0.6 is 0 Å². The Hall–Kier alpha value is -1.31. The molecule has 0 aliphatic carbocycles. The Labute approximate surface area is 137 Å². The molecule has 3 heteroatoms. The summed E-state index contributed by atoms with van der Waals surface area (Å²) >= 11 is 0.153. The first kappa shape index (κ1) is 14.3. The Balaban J connectivity index is 2.06. The van der Waals surface area contributed by atoms with Crippen molar-refractivity contribution in [3.63, 3.8) is 0 Å². The number of fused-ring (bicyclic) bond motifs is 2. The van der Waals surface area contributed by atoms with Crippen molar-refractivity contribution < 1.29 is 4.79 Å². The van der Waals surface area contributed by atoms with Crippen LogP contribution in [-0.4, -0.2) is 27.3 Å². The van der Waals surface area contributed by atoms with Crippen LogP contribution < -0.4 is 4.90 Å². The van der Waals surface area contributed by atoms with E-state index in [1.807, 2.05) is 0 Å². The average molecular weight is 358 g/mol.